The molecule has 3 rings (SSSR count). The Labute approximate surface area is 152 Å². The number of carbonyl (C=O) groups is 3. The molecule has 2 saturated heterocycles. The summed E-state index contributed by atoms with van der Waals surface area (Å²) in [4.78, 5) is 35.1. The molecular weight excluding hydrogens is 340 g/mol. The molecule has 0 aromatic heterocycles. The van der Waals surface area contributed by atoms with Crippen molar-refractivity contribution in [3.8, 4) is 0 Å². The second-order valence-electron chi connectivity index (χ2n) is 7.25. The fraction of sp³-hybridized carbons (Fsp3) is 0.632. The minimum absolute atomic E-state index is 0.0797. The SMILES string of the molecule is C=C1C(=O)O[C@H]2C/C(C)=C/CC[C@@]3(COC(C)=O)O[C@@H]3C(OC(C)=O)[C@H]12. The highest BCUT2D eigenvalue weighted by molar-refractivity contribution is 5.91. The van der Waals surface area contributed by atoms with E-state index in [9.17, 15) is 14.4 Å². The molecule has 26 heavy (non-hydrogen) atoms. The molecular formula is C19H24O7. The van der Waals surface area contributed by atoms with Crippen molar-refractivity contribution < 1.29 is 33.3 Å². The Balaban J connectivity index is 1.95. The van der Waals surface area contributed by atoms with E-state index in [1.807, 2.05) is 6.92 Å². The van der Waals surface area contributed by atoms with Gasteiger partial charge in [0, 0.05) is 25.8 Å². The summed E-state index contributed by atoms with van der Waals surface area (Å²) in [5, 5.41) is 0. The van der Waals surface area contributed by atoms with E-state index in [1.165, 1.54) is 13.8 Å². The van der Waals surface area contributed by atoms with Crippen molar-refractivity contribution in [2.45, 2.75) is 63.9 Å². The second-order valence-corrected chi connectivity index (χ2v) is 7.25. The summed E-state index contributed by atoms with van der Waals surface area (Å²) in [6.07, 6.45) is 2.34. The van der Waals surface area contributed by atoms with Crippen molar-refractivity contribution in [1.82, 2.24) is 0 Å². The molecule has 1 unspecified atom stereocenters. The predicted molar refractivity (Wildman–Crippen MR) is 89.9 cm³/mol. The third kappa shape index (κ3) is 3.53. The van der Waals surface area contributed by atoms with Gasteiger partial charge in [-0.2, -0.15) is 0 Å². The molecule has 3 aliphatic rings. The van der Waals surface area contributed by atoms with Gasteiger partial charge in [-0.1, -0.05) is 18.2 Å². The fourth-order valence-corrected chi connectivity index (χ4v) is 3.90. The van der Waals surface area contributed by atoms with Gasteiger partial charge in [-0.25, -0.2) is 4.79 Å². The Hall–Kier alpha value is -2.15. The van der Waals surface area contributed by atoms with Crippen LogP contribution in [0, 0.1) is 5.92 Å². The van der Waals surface area contributed by atoms with Gasteiger partial charge < -0.3 is 18.9 Å². The summed E-state index contributed by atoms with van der Waals surface area (Å²) in [5.74, 6) is -1.84. The minimum atomic E-state index is -0.726. The van der Waals surface area contributed by atoms with Gasteiger partial charge in [-0.3, -0.25) is 9.59 Å². The molecule has 0 amide bonds. The van der Waals surface area contributed by atoms with E-state index in [-0.39, 0.29) is 12.2 Å². The summed E-state index contributed by atoms with van der Waals surface area (Å²) >= 11 is 0. The maximum Gasteiger partial charge on any atom is 0.334 e. The van der Waals surface area contributed by atoms with Gasteiger partial charge in [-0.15, -0.1) is 0 Å². The van der Waals surface area contributed by atoms with E-state index in [0.717, 1.165) is 12.0 Å². The molecule has 5 atom stereocenters. The van der Waals surface area contributed by atoms with Crippen LogP contribution in [0.25, 0.3) is 0 Å². The monoisotopic (exact) mass is 364 g/mol. The first-order valence-corrected chi connectivity index (χ1v) is 8.77. The van der Waals surface area contributed by atoms with Gasteiger partial charge in [0.2, 0.25) is 0 Å². The van der Waals surface area contributed by atoms with Crippen molar-refractivity contribution >= 4 is 17.9 Å². The van der Waals surface area contributed by atoms with Crippen LogP contribution < -0.4 is 0 Å². The van der Waals surface area contributed by atoms with E-state index < -0.39 is 47.7 Å². The molecule has 2 aliphatic heterocycles. The molecule has 0 aromatic rings. The van der Waals surface area contributed by atoms with Gasteiger partial charge >= 0.3 is 17.9 Å². The molecule has 0 aromatic carbocycles. The lowest BCUT2D eigenvalue weighted by molar-refractivity contribution is -0.151. The molecule has 0 saturated carbocycles. The first-order valence-electron chi connectivity index (χ1n) is 8.77. The zero-order valence-corrected chi connectivity index (χ0v) is 15.3. The predicted octanol–water partition coefficient (Wildman–Crippen LogP) is 1.85. The normalized spacial score (nSPS) is 38.2. The number of hydrogen-bond donors (Lipinski definition) is 0. The zero-order chi connectivity index (χ0) is 19.1. The van der Waals surface area contributed by atoms with Crippen LogP contribution in [0.3, 0.4) is 0 Å². The molecule has 0 spiro atoms. The summed E-state index contributed by atoms with van der Waals surface area (Å²) in [6, 6.07) is 0. The highest BCUT2D eigenvalue weighted by atomic mass is 16.7. The first-order chi connectivity index (χ1) is 12.2. The second kappa shape index (κ2) is 6.87. The Kier molecular flexibility index (Phi) is 4.92. The van der Waals surface area contributed by atoms with Crippen LogP contribution in [0.4, 0.5) is 0 Å². The third-order valence-corrected chi connectivity index (χ3v) is 5.20. The zero-order valence-electron chi connectivity index (χ0n) is 15.3. The van der Waals surface area contributed by atoms with E-state index >= 15 is 0 Å². The van der Waals surface area contributed by atoms with E-state index in [2.05, 4.69) is 12.7 Å². The Morgan fingerprint density at radius 2 is 2.08 bits per heavy atom. The molecule has 7 nitrogen and oxygen atoms in total. The number of allylic oxidation sites excluding steroid dienone is 1. The quantitative estimate of drug-likeness (QED) is 0.248. The summed E-state index contributed by atoms with van der Waals surface area (Å²) in [6.45, 7) is 8.55. The maximum atomic E-state index is 12.1. The number of fused-ring (bicyclic) bond motifs is 2. The fourth-order valence-electron chi connectivity index (χ4n) is 3.90. The van der Waals surface area contributed by atoms with Crippen LogP contribution in [0.5, 0.6) is 0 Å². The van der Waals surface area contributed by atoms with Crippen molar-refractivity contribution in [2.75, 3.05) is 6.61 Å². The van der Waals surface area contributed by atoms with Crippen molar-refractivity contribution in [2.24, 2.45) is 5.92 Å². The van der Waals surface area contributed by atoms with Gasteiger partial charge in [-0.05, 0) is 19.8 Å². The molecule has 0 N–H and O–H groups in total. The Morgan fingerprint density at radius 3 is 2.73 bits per heavy atom. The Bertz CT molecular complexity index is 679. The maximum absolute atomic E-state index is 12.1. The lowest BCUT2D eigenvalue weighted by Crippen LogP contribution is -2.41. The number of esters is 3. The first kappa shape index (κ1) is 18.6. The molecule has 1 aliphatic carbocycles. The molecule has 142 valence electrons. The van der Waals surface area contributed by atoms with E-state index in [1.54, 1.807) is 0 Å². The highest BCUT2D eigenvalue weighted by Crippen LogP contribution is 2.50. The minimum Gasteiger partial charge on any atom is -0.463 e. The largest absolute Gasteiger partial charge is 0.463 e. The lowest BCUT2D eigenvalue weighted by atomic mass is 9.81. The number of carbonyl (C=O) groups excluding carboxylic acids is 3. The van der Waals surface area contributed by atoms with Crippen molar-refractivity contribution in [3.05, 3.63) is 23.8 Å². The van der Waals surface area contributed by atoms with Crippen LogP contribution in [0.2, 0.25) is 0 Å². The average Bonchev–Trinajstić information content (AvgIpc) is 3.18. The lowest BCUT2D eigenvalue weighted by Gasteiger charge is -2.28. The van der Waals surface area contributed by atoms with Gasteiger partial charge in [0.15, 0.2) is 0 Å². The number of ether oxygens (including phenoxy) is 4. The summed E-state index contributed by atoms with van der Waals surface area (Å²) in [7, 11) is 0. The standard InChI is InChI=1S/C19H24O7/c1-10-6-5-7-19(9-23-12(3)20)17(26-19)16(24-13(4)21)15-11(2)18(22)25-14(15)8-10/h6,14-17H,2,5,7-9H2,1,3-4H3/b10-6+/t14-,15+,16?,17+,19-/m0/s1. The molecule has 0 bridgehead atoms. The highest BCUT2D eigenvalue weighted by Gasteiger charge is 2.65. The molecule has 7 heteroatoms. The van der Waals surface area contributed by atoms with E-state index in [4.69, 9.17) is 18.9 Å². The van der Waals surface area contributed by atoms with Crippen LogP contribution in [0.1, 0.15) is 40.0 Å². The molecule has 2 fully saturated rings. The number of epoxide rings is 1. The smallest absolute Gasteiger partial charge is 0.334 e. The van der Waals surface area contributed by atoms with E-state index in [0.29, 0.717) is 12.8 Å². The van der Waals surface area contributed by atoms with Crippen LogP contribution in [-0.2, 0) is 33.3 Å². The topological polar surface area (TPSA) is 91.4 Å². The van der Waals surface area contributed by atoms with Crippen molar-refractivity contribution in [3.63, 3.8) is 0 Å². The van der Waals surface area contributed by atoms with Crippen LogP contribution >= 0.6 is 0 Å². The number of rotatable bonds is 3. The molecule has 2 heterocycles. The summed E-state index contributed by atoms with van der Waals surface area (Å²) < 4.78 is 22.2. The average molecular weight is 364 g/mol. The third-order valence-electron chi connectivity index (χ3n) is 5.20. The van der Waals surface area contributed by atoms with Crippen LogP contribution in [0.15, 0.2) is 23.8 Å². The van der Waals surface area contributed by atoms with Crippen molar-refractivity contribution in [1.29, 1.82) is 0 Å². The van der Waals surface area contributed by atoms with Gasteiger partial charge in [0.05, 0.1) is 5.92 Å². The molecule has 0 radical (unpaired) electrons. The van der Waals surface area contributed by atoms with Gasteiger partial charge in [0.25, 0.3) is 0 Å². The number of hydrogen-bond acceptors (Lipinski definition) is 7. The Morgan fingerprint density at radius 1 is 1.35 bits per heavy atom. The van der Waals surface area contributed by atoms with Gasteiger partial charge in [0.1, 0.15) is 30.5 Å². The summed E-state index contributed by atoms with van der Waals surface area (Å²) in [5.41, 5.74) is 0.633. The van der Waals surface area contributed by atoms with Crippen LogP contribution in [-0.4, -0.2) is 48.4 Å².